The molecule has 0 saturated carbocycles. The summed E-state index contributed by atoms with van der Waals surface area (Å²) in [5.41, 5.74) is 6.54. The van der Waals surface area contributed by atoms with E-state index in [2.05, 4.69) is 25.6 Å². The maximum absolute atomic E-state index is 11.8. The molecule has 1 fully saturated rings. The zero-order valence-corrected chi connectivity index (χ0v) is 20.5. The van der Waals surface area contributed by atoms with E-state index in [1.807, 2.05) is 0 Å². The van der Waals surface area contributed by atoms with E-state index in [1.54, 1.807) is 0 Å². The molecule has 3 heterocycles. The van der Waals surface area contributed by atoms with Crippen LogP contribution in [0.2, 0.25) is 0 Å². The molecule has 2 aromatic heterocycles. The molecule has 1 amide bonds. The Morgan fingerprint density at radius 1 is 1.22 bits per heavy atom. The largest absolute Gasteiger partial charge is 0.481 e. The molecule has 0 aromatic carbocycles. The van der Waals surface area contributed by atoms with Gasteiger partial charge in [-0.3, -0.25) is 14.2 Å². The second kappa shape index (κ2) is 13.0. The molecule has 36 heavy (non-hydrogen) atoms. The van der Waals surface area contributed by atoms with E-state index < -0.39 is 43.2 Å². The van der Waals surface area contributed by atoms with Crippen LogP contribution >= 0.6 is 12.2 Å². The van der Waals surface area contributed by atoms with E-state index in [-0.39, 0.29) is 23.4 Å². The van der Waals surface area contributed by atoms with E-state index in [4.69, 9.17) is 27.8 Å². The van der Waals surface area contributed by atoms with Gasteiger partial charge < -0.3 is 46.5 Å². The Morgan fingerprint density at radius 3 is 2.61 bits per heavy atom. The van der Waals surface area contributed by atoms with Gasteiger partial charge in [-0.1, -0.05) is 25.1 Å². The Kier molecular flexibility index (Phi) is 10.1. The van der Waals surface area contributed by atoms with Gasteiger partial charge in [0.25, 0.3) is 0 Å². The first kappa shape index (κ1) is 27.9. The summed E-state index contributed by atoms with van der Waals surface area (Å²) < 4.78 is 7.36. The Labute approximate surface area is 211 Å². The molecule has 2 aromatic rings. The third-order valence-corrected chi connectivity index (χ3v) is 6.22. The van der Waals surface area contributed by atoms with Gasteiger partial charge in [-0.15, -0.1) is 0 Å². The molecule has 2 unspecified atom stereocenters. The van der Waals surface area contributed by atoms with Crippen molar-refractivity contribution in [3.8, 4) is 0 Å². The highest BCUT2D eigenvalue weighted by Crippen LogP contribution is 2.31. The summed E-state index contributed by atoms with van der Waals surface area (Å²) in [5, 5.41) is 44.3. The fraction of sp³-hybridized carbons (Fsp3) is 0.667. The van der Waals surface area contributed by atoms with Crippen LogP contribution in [0, 0.1) is 4.64 Å². The van der Waals surface area contributed by atoms with Crippen molar-refractivity contribution < 1.29 is 34.8 Å². The maximum Gasteiger partial charge on any atom is 0.303 e. The Hall–Kier alpha value is -2.69. The molecule has 9 N–H and O–H groups in total. The highest BCUT2D eigenvalue weighted by Gasteiger charge is 2.43. The van der Waals surface area contributed by atoms with Gasteiger partial charge in [0.1, 0.15) is 29.5 Å². The first-order valence-corrected chi connectivity index (χ1v) is 12.2. The predicted molar refractivity (Wildman–Crippen MR) is 131 cm³/mol. The molecule has 14 nitrogen and oxygen atoms in total. The number of unbranched alkanes of at least 4 members (excludes halogenated alkanes) is 3. The SMILES string of the molecule is NC(CCC(=O)O)C(=O)NCCCCCCNc1nc(=S)c2ncn([C@@H]3O[C@H](CO)C(O)[C@@H]3O)c2[nH]1. The second-order valence-corrected chi connectivity index (χ2v) is 9.03. The number of aliphatic hydroxyl groups excluding tert-OH is 3. The summed E-state index contributed by atoms with van der Waals surface area (Å²) in [6.07, 6.45) is 0.439. The van der Waals surface area contributed by atoms with E-state index in [0.717, 1.165) is 25.7 Å². The molecule has 1 aliphatic heterocycles. The van der Waals surface area contributed by atoms with Crippen LogP contribution in [-0.2, 0) is 14.3 Å². The van der Waals surface area contributed by atoms with Crippen LogP contribution in [0.25, 0.3) is 11.2 Å². The van der Waals surface area contributed by atoms with Crippen molar-refractivity contribution >= 4 is 41.2 Å². The number of anilines is 1. The van der Waals surface area contributed by atoms with E-state index in [1.165, 1.54) is 10.9 Å². The third kappa shape index (κ3) is 6.96. The minimum Gasteiger partial charge on any atom is -0.481 e. The average Bonchev–Trinajstić information content (AvgIpc) is 3.39. The molecule has 3 rings (SSSR count). The fourth-order valence-electron chi connectivity index (χ4n) is 3.89. The van der Waals surface area contributed by atoms with Gasteiger partial charge in [0, 0.05) is 19.5 Å². The molecule has 0 spiro atoms. The molecular weight excluding hydrogens is 494 g/mol. The van der Waals surface area contributed by atoms with Crippen LogP contribution in [0.15, 0.2) is 6.33 Å². The number of ether oxygens (including phenoxy) is 1. The number of fused-ring (bicyclic) bond motifs is 1. The minimum absolute atomic E-state index is 0.107. The summed E-state index contributed by atoms with van der Waals surface area (Å²) >= 11 is 5.33. The number of nitrogens with zero attached hydrogens (tertiary/aromatic N) is 3. The fourth-order valence-corrected chi connectivity index (χ4v) is 4.13. The van der Waals surface area contributed by atoms with Crippen molar-refractivity contribution in [2.24, 2.45) is 5.73 Å². The zero-order valence-electron chi connectivity index (χ0n) is 19.7. The number of aliphatic carboxylic acids is 1. The number of aromatic nitrogens is 4. The number of carbonyl (C=O) groups excluding carboxylic acids is 1. The smallest absolute Gasteiger partial charge is 0.303 e. The Balaban J connectivity index is 1.43. The van der Waals surface area contributed by atoms with Gasteiger partial charge in [-0.05, 0) is 19.3 Å². The normalized spacial score (nSPS) is 22.6. The number of nitrogens with one attached hydrogen (secondary N) is 3. The standard InChI is InChI=1S/C21H33N7O7S/c22-11(5-6-13(30)31)18(34)23-7-3-1-2-4-8-24-21-26-17-14(19(36)27-21)25-10-28(17)20-16(33)15(32)12(9-29)35-20/h10-12,15-16,20,29,32-33H,1-9,22H2,(H,23,34)(H,30,31)(H2,24,26,27,36)/t11?,12-,15?,16+,20-/m1/s1. The number of imidazole rings is 1. The Morgan fingerprint density at radius 2 is 1.94 bits per heavy atom. The first-order chi connectivity index (χ1) is 17.2. The average molecular weight is 528 g/mol. The number of H-pyrrole nitrogens is 1. The Bertz CT molecular complexity index is 1090. The van der Waals surface area contributed by atoms with Crippen LogP contribution in [0.1, 0.15) is 44.8 Å². The molecule has 1 saturated heterocycles. The second-order valence-electron chi connectivity index (χ2n) is 8.64. The predicted octanol–water partition coefficient (Wildman–Crippen LogP) is -0.619. The zero-order chi connectivity index (χ0) is 26.2. The van der Waals surface area contributed by atoms with Gasteiger partial charge in [-0.25, -0.2) is 9.97 Å². The van der Waals surface area contributed by atoms with Crippen LogP contribution in [-0.4, -0.2) is 95.9 Å². The maximum atomic E-state index is 11.8. The molecule has 15 heteroatoms. The lowest BCUT2D eigenvalue weighted by Crippen LogP contribution is -2.41. The van der Waals surface area contributed by atoms with Crippen molar-refractivity contribution in [3.63, 3.8) is 0 Å². The van der Waals surface area contributed by atoms with Crippen LogP contribution in [0.4, 0.5) is 5.95 Å². The number of amides is 1. The molecule has 5 atom stereocenters. The quantitative estimate of drug-likeness (QED) is 0.114. The van der Waals surface area contributed by atoms with E-state index >= 15 is 0 Å². The van der Waals surface area contributed by atoms with Crippen LogP contribution in [0.3, 0.4) is 0 Å². The molecule has 0 aliphatic carbocycles. The number of carbonyl (C=O) groups is 2. The number of carboxylic acids is 1. The lowest BCUT2D eigenvalue weighted by atomic mass is 10.1. The van der Waals surface area contributed by atoms with Crippen LogP contribution in [0.5, 0.6) is 0 Å². The van der Waals surface area contributed by atoms with Crippen molar-refractivity contribution in [1.29, 1.82) is 0 Å². The summed E-state index contributed by atoms with van der Waals surface area (Å²) in [5.74, 6) is -0.902. The van der Waals surface area contributed by atoms with Crippen molar-refractivity contribution in [2.75, 3.05) is 25.0 Å². The summed E-state index contributed by atoms with van der Waals surface area (Å²) in [6.45, 7) is 0.653. The van der Waals surface area contributed by atoms with Gasteiger partial charge in [0.05, 0.1) is 19.0 Å². The number of rotatable bonds is 14. The summed E-state index contributed by atoms with van der Waals surface area (Å²) in [7, 11) is 0. The van der Waals surface area contributed by atoms with E-state index in [9.17, 15) is 24.9 Å². The summed E-state index contributed by atoms with van der Waals surface area (Å²) in [6, 6.07) is -0.818. The lowest BCUT2D eigenvalue weighted by molar-refractivity contribution is -0.137. The van der Waals surface area contributed by atoms with Gasteiger partial charge in [0.2, 0.25) is 11.9 Å². The topological polar surface area (TPSA) is 221 Å². The monoisotopic (exact) mass is 527 g/mol. The number of aromatic amines is 1. The lowest BCUT2D eigenvalue weighted by Gasteiger charge is -2.17. The number of carboxylic acid groups (broad SMARTS) is 1. The van der Waals surface area contributed by atoms with Gasteiger partial charge >= 0.3 is 5.97 Å². The first-order valence-electron chi connectivity index (χ1n) is 11.8. The number of hydrogen-bond donors (Lipinski definition) is 8. The molecule has 0 radical (unpaired) electrons. The molecule has 0 bridgehead atoms. The summed E-state index contributed by atoms with van der Waals surface area (Å²) in [4.78, 5) is 34.0. The van der Waals surface area contributed by atoms with Crippen molar-refractivity contribution in [3.05, 3.63) is 11.0 Å². The van der Waals surface area contributed by atoms with Crippen molar-refractivity contribution in [1.82, 2.24) is 24.8 Å². The third-order valence-electron chi connectivity index (χ3n) is 5.94. The molecule has 200 valence electrons. The minimum atomic E-state index is -1.25. The highest BCUT2D eigenvalue weighted by molar-refractivity contribution is 7.71. The van der Waals surface area contributed by atoms with Crippen molar-refractivity contribution in [2.45, 2.75) is 69.1 Å². The number of hydrogen-bond acceptors (Lipinski definition) is 11. The number of nitrogens with two attached hydrogens (primary N) is 1. The molecular formula is C21H33N7O7S. The number of aliphatic hydroxyl groups is 3. The van der Waals surface area contributed by atoms with Gasteiger partial charge in [0.15, 0.2) is 10.9 Å². The molecule has 1 aliphatic rings. The highest BCUT2D eigenvalue weighted by atomic mass is 32.1. The van der Waals surface area contributed by atoms with Crippen LogP contribution < -0.4 is 16.4 Å². The van der Waals surface area contributed by atoms with E-state index in [0.29, 0.717) is 30.2 Å². The van der Waals surface area contributed by atoms with Gasteiger partial charge in [-0.2, -0.15) is 0 Å².